The van der Waals surface area contributed by atoms with Gasteiger partial charge in [0.15, 0.2) is 5.78 Å². The summed E-state index contributed by atoms with van der Waals surface area (Å²) in [6, 6.07) is 0. The van der Waals surface area contributed by atoms with Gasteiger partial charge in [0.05, 0.1) is 0 Å². The van der Waals surface area contributed by atoms with E-state index in [9.17, 15) is 4.79 Å². The maximum atomic E-state index is 11.4. The van der Waals surface area contributed by atoms with E-state index in [0.717, 1.165) is 18.4 Å². The summed E-state index contributed by atoms with van der Waals surface area (Å²) >= 11 is 0. The van der Waals surface area contributed by atoms with Crippen LogP contribution in [0, 0.1) is 11.8 Å². The molecule has 0 aromatic heterocycles. The van der Waals surface area contributed by atoms with E-state index in [1.165, 1.54) is 0 Å². The van der Waals surface area contributed by atoms with Gasteiger partial charge in [0, 0.05) is 31.8 Å². The lowest BCUT2D eigenvalue weighted by Gasteiger charge is -2.06. The summed E-state index contributed by atoms with van der Waals surface area (Å²) in [6.45, 7) is 0. The van der Waals surface area contributed by atoms with Crippen LogP contribution >= 0.6 is 0 Å². The van der Waals surface area contributed by atoms with Crippen molar-refractivity contribution in [1.29, 1.82) is 0 Å². The smallest absolute Gasteiger partial charge is 0.163 e. The number of fused-ring (bicyclic) bond motifs is 1. The standard InChI is InChI=1S/C9H13NO/c1-10(2)5-7-3-6-4-8(6)9(7)11/h5-6,8H,3-4H2,1-2H3. The number of hydrogen-bond donors (Lipinski definition) is 0. The van der Waals surface area contributed by atoms with Gasteiger partial charge in [0.25, 0.3) is 0 Å². The molecule has 11 heavy (non-hydrogen) atoms. The van der Waals surface area contributed by atoms with Crippen LogP contribution in [0.15, 0.2) is 11.8 Å². The van der Waals surface area contributed by atoms with Crippen LogP contribution < -0.4 is 0 Å². The number of nitrogens with zero attached hydrogens (tertiary/aromatic N) is 1. The van der Waals surface area contributed by atoms with Crippen molar-refractivity contribution < 1.29 is 4.79 Å². The first-order valence-electron chi connectivity index (χ1n) is 4.10. The lowest BCUT2D eigenvalue weighted by atomic mass is 10.1. The van der Waals surface area contributed by atoms with Crippen LogP contribution in [-0.4, -0.2) is 24.8 Å². The quantitative estimate of drug-likeness (QED) is 0.522. The van der Waals surface area contributed by atoms with E-state index in [1.807, 2.05) is 25.2 Å². The summed E-state index contributed by atoms with van der Waals surface area (Å²) in [5.41, 5.74) is 1.04. The molecule has 0 amide bonds. The molecule has 0 bridgehead atoms. The molecule has 2 heteroatoms. The largest absolute Gasteiger partial charge is 0.383 e. The molecular weight excluding hydrogens is 138 g/mol. The van der Waals surface area contributed by atoms with Gasteiger partial charge in [-0.3, -0.25) is 4.79 Å². The van der Waals surface area contributed by atoms with Gasteiger partial charge < -0.3 is 4.90 Å². The van der Waals surface area contributed by atoms with Gasteiger partial charge in [-0.25, -0.2) is 0 Å². The van der Waals surface area contributed by atoms with Gasteiger partial charge in [-0.05, 0) is 18.8 Å². The zero-order valence-electron chi connectivity index (χ0n) is 7.00. The van der Waals surface area contributed by atoms with Gasteiger partial charge in [-0.1, -0.05) is 0 Å². The Bertz CT molecular complexity index is 230. The highest BCUT2D eigenvalue weighted by molar-refractivity contribution is 6.01. The Kier molecular flexibility index (Phi) is 1.31. The van der Waals surface area contributed by atoms with Crippen LogP contribution in [0.25, 0.3) is 0 Å². The Morgan fingerprint density at radius 3 is 2.73 bits per heavy atom. The Balaban J connectivity index is 2.12. The minimum absolute atomic E-state index is 0.406. The third-order valence-electron chi connectivity index (χ3n) is 2.47. The number of carbonyl (C=O) groups is 1. The summed E-state index contributed by atoms with van der Waals surface area (Å²) in [6.07, 6.45) is 4.15. The lowest BCUT2D eigenvalue weighted by Crippen LogP contribution is -2.07. The van der Waals surface area contributed by atoms with Gasteiger partial charge >= 0.3 is 0 Å². The zero-order chi connectivity index (χ0) is 8.01. The lowest BCUT2D eigenvalue weighted by molar-refractivity contribution is -0.116. The Morgan fingerprint density at radius 2 is 2.27 bits per heavy atom. The monoisotopic (exact) mass is 151 g/mol. The SMILES string of the molecule is CN(C)C=C1CC2CC2C1=O. The molecule has 2 aliphatic rings. The fraction of sp³-hybridized carbons (Fsp3) is 0.667. The highest BCUT2D eigenvalue weighted by Gasteiger charge is 2.50. The molecule has 0 aliphatic heterocycles. The first-order valence-corrected chi connectivity index (χ1v) is 4.10. The number of carbonyl (C=O) groups excluding carboxylic acids is 1. The van der Waals surface area contributed by atoms with Crippen molar-refractivity contribution in [3.63, 3.8) is 0 Å². The van der Waals surface area contributed by atoms with Crippen molar-refractivity contribution in [3.8, 4) is 0 Å². The molecule has 0 saturated heterocycles. The van der Waals surface area contributed by atoms with E-state index in [0.29, 0.717) is 17.6 Å². The molecule has 2 fully saturated rings. The molecule has 0 heterocycles. The molecule has 0 aromatic carbocycles. The minimum atomic E-state index is 0.406. The molecule has 2 rings (SSSR count). The molecule has 2 saturated carbocycles. The number of rotatable bonds is 1. The van der Waals surface area contributed by atoms with E-state index in [1.54, 1.807) is 0 Å². The molecule has 2 aliphatic carbocycles. The van der Waals surface area contributed by atoms with Crippen LogP contribution in [-0.2, 0) is 4.79 Å². The van der Waals surface area contributed by atoms with Crippen LogP contribution in [0.4, 0.5) is 0 Å². The topological polar surface area (TPSA) is 20.3 Å². The Hall–Kier alpha value is -0.790. The molecule has 0 radical (unpaired) electrons. The molecule has 2 atom stereocenters. The second-order valence-corrected chi connectivity index (χ2v) is 3.79. The molecule has 0 spiro atoms. The fourth-order valence-electron chi connectivity index (χ4n) is 1.84. The van der Waals surface area contributed by atoms with Crippen LogP contribution in [0.5, 0.6) is 0 Å². The normalized spacial score (nSPS) is 37.6. The van der Waals surface area contributed by atoms with Crippen molar-refractivity contribution in [2.45, 2.75) is 12.8 Å². The minimum Gasteiger partial charge on any atom is -0.383 e. The maximum absolute atomic E-state index is 11.4. The van der Waals surface area contributed by atoms with Crippen LogP contribution in [0.1, 0.15) is 12.8 Å². The van der Waals surface area contributed by atoms with Crippen molar-refractivity contribution in [1.82, 2.24) is 4.90 Å². The molecule has 60 valence electrons. The second kappa shape index (κ2) is 2.10. The van der Waals surface area contributed by atoms with Gasteiger partial charge in [-0.15, -0.1) is 0 Å². The summed E-state index contributed by atoms with van der Waals surface area (Å²) in [4.78, 5) is 13.3. The summed E-state index contributed by atoms with van der Waals surface area (Å²) < 4.78 is 0. The van der Waals surface area contributed by atoms with E-state index in [4.69, 9.17) is 0 Å². The highest BCUT2D eigenvalue weighted by atomic mass is 16.1. The third-order valence-corrected chi connectivity index (χ3v) is 2.47. The fourth-order valence-corrected chi connectivity index (χ4v) is 1.84. The van der Waals surface area contributed by atoms with Gasteiger partial charge in [0.1, 0.15) is 0 Å². The summed E-state index contributed by atoms with van der Waals surface area (Å²) in [5, 5.41) is 0. The summed E-state index contributed by atoms with van der Waals surface area (Å²) in [7, 11) is 3.93. The molecule has 2 unspecified atom stereocenters. The molecule has 2 nitrogen and oxygen atoms in total. The predicted molar refractivity (Wildman–Crippen MR) is 43.0 cm³/mol. The zero-order valence-corrected chi connectivity index (χ0v) is 7.00. The van der Waals surface area contributed by atoms with E-state index in [2.05, 4.69) is 0 Å². The highest BCUT2D eigenvalue weighted by Crippen LogP contribution is 2.51. The van der Waals surface area contributed by atoms with E-state index < -0.39 is 0 Å². The van der Waals surface area contributed by atoms with E-state index in [-0.39, 0.29) is 0 Å². The summed E-state index contributed by atoms with van der Waals surface area (Å²) in [5.74, 6) is 1.54. The number of ketones is 1. The predicted octanol–water partition coefficient (Wildman–Crippen LogP) is 1.04. The van der Waals surface area contributed by atoms with Gasteiger partial charge in [-0.2, -0.15) is 0 Å². The molecule has 0 aromatic rings. The Morgan fingerprint density at radius 1 is 1.55 bits per heavy atom. The number of Topliss-reactive ketones (excluding diaryl/α,β-unsaturated/α-hetero) is 1. The average molecular weight is 151 g/mol. The molecular formula is C9H13NO. The van der Waals surface area contributed by atoms with E-state index >= 15 is 0 Å². The first kappa shape index (κ1) is 6.89. The van der Waals surface area contributed by atoms with Crippen molar-refractivity contribution >= 4 is 5.78 Å². The first-order chi connectivity index (χ1) is 5.18. The van der Waals surface area contributed by atoms with Crippen LogP contribution in [0.2, 0.25) is 0 Å². The molecule has 0 N–H and O–H groups in total. The number of allylic oxidation sites excluding steroid dienone is 1. The van der Waals surface area contributed by atoms with Crippen molar-refractivity contribution in [2.75, 3.05) is 14.1 Å². The third kappa shape index (κ3) is 1.06. The number of hydrogen-bond acceptors (Lipinski definition) is 2. The van der Waals surface area contributed by atoms with Crippen molar-refractivity contribution in [3.05, 3.63) is 11.8 Å². The van der Waals surface area contributed by atoms with Crippen LogP contribution in [0.3, 0.4) is 0 Å². The van der Waals surface area contributed by atoms with Crippen molar-refractivity contribution in [2.24, 2.45) is 11.8 Å². The maximum Gasteiger partial charge on any atom is 0.163 e. The second-order valence-electron chi connectivity index (χ2n) is 3.79. The van der Waals surface area contributed by atoms with Gasteiger partial charge in [0.2, 0.25) is 0 Å². The average Bonchev–Trinajstić information content (AvgIpc) is 2.58. The Labute approximate surface area is 66.9 Å².